The molecule has 1 fully saturated rings. The number of hydrogen-bond donors (Lipinski definition) is 1. The van der Waals surface area contributed by atoms with Gasteiger partial charge in [-0.05, 0) is 31.5 Å². The van der Waals surface area contributed by atoms with E-state index >= 15 is 0 Å². The van der Waals surface area contributed by atoms with E-state index < -0.39 is 0 Å². The van der Waals surface area contributed by atoms with Gasteiger partial charge in [0.05, 0.1) is 5.69 Å². The fraction of sp³-hybridized carbons (Fsp3) is 0.538. The van der Waals surface area contributed by atoms with Gasteiger partial charge in [0.1, 0.15) is 17.7 Å². The molecule has 3 nitrogen and oxygen atoms in total. The van der Waals surface area contributed by atoms with Crippen molar-refractivity contribution in [3.8, 4) is 5.75 Å². The topological polar surface area (TPSA) is 38.5 Å². The van der Waals surface area contributed by atoms with Crippen LogP contribution in [0.5, 0.6) is 5.75 Å². The molecule has 0 unspecified atom stereocenters. The van der Waals surface area contributed by atoms with Crippen LogP contribution >= 0.6 is 0 Å². The zero-order valence-electron chi connectivity index (χ0n) is 10.2. The summed E-state index contributed by atoms with van der Waals surface area (Å²) in [5, 5.41) is 0. The lowest BCUT2D eigenvalue weighted by Crippen LogP contribution is -2.38. The first-order valence-electron chi connectivity index (χ1n) is 6.13. The number of ether oxygens (including phenoxy) is 1. The molecule has 4 heteroatoms. The monoisotopic (exact) mass is 238 g/mol. The minimum atomic E-state index is -0.305. The van der Waals surface area contributed by atoms with Crippen molar-refractivity contribution in [2.75, 3.05) is 25.4 Å². The Morgan fingerprint density at radius 3 is 2.76 bits per heavy atom. The largest absolute Gasteiger partial charge is 0.488 e. The van der Waals surface area contributed by atoms with Gasteiger partial charge in [-0.3, -0.25) is 0 Å². The molecule has 0 saturated carbocycles. The molecule has 17 heavy (non-hydrogen) atoms. The SMILES string of the molecule is CCN1CCC(Oc2cc(F)ccc2N)CC1. The number of nitrogens with zero attached hydrogens (tertiary/aromatic N) is 1. The second-order valence-electron chi connectivity index (χ2n) is 4.43. The van der Waals surface area contributed by atoms with Crippen molar-refractivity contribution in [1.29, 1.82) is 0 Å². The predicted octanol–water partition coefficient (Wildman–Crippen LogP) is 2.27. The maximum Gasteiger partial charge on any atom is 0.145 e. The van der Waals surface area contributed by atoms with E-state index in [2.05, 4.69) is 11.8 Å². The molecule has 2 N–H and O–H groups in total. The highest BCUT2D eigenvalue weighted by Gasteiger charge is 2.20. The summed E-state index contributed by atoms with van der Waals surface area (Å²) in [6.45, 7) is 5.31. The zero-order valence-corrected chi connectivity index (χ0v) is 10.2. The van der Waals surface area contributed by atoms with Crippen molar-refractivity contribution >= 4 is 5.69 Å². The molecule has 1 aliphatic rings. The van der Waals surface area contributed by atoms with Crippen LogP contribution in [0.25, 0.3) is 0 Å². The van der Waals surface area contributed by atoms with Gasteiger partial charge in [-0.15, -0.1) is 0 Å². The Bertz CT molecular complexity index is 376. The first kappa shape index (κ1) is 12.2. The smallest absolute Gasteiger partial charge is 0.145 e. The lowest BCUT2D eigenvalue weighted by Gasteiger charge is -2.31. The number of nitrogens with two attached hydrogens (primary N) is 1. The van der Waals surface area contributed by atoms with Crippen LogP contribution in [0.3, 0.4) is 0 Å². The quantitative estimate of drug-likeness (QED) is 0.821. The highest BCUT2D eigenvalue weighted by Crippen LogP contribution is 2.25. The summed E-state index contributed by atoms with van der Waals surface area (Å²) in [7, 11) is 0. The van der Waals surface area contributed by atoms with Crippen LogP contribution in [-0.4, -0.2) is 30.6 Å². The minimum Gasteiger partial charge on any atom is -0.488 e. The normalized spacial score (nSPS) is 18.2. The molecular weight excluding hydrogens is 219 g/mol. The molecule has 0 radical (unpaired) electrons. The summed E-state index contributed by atoms with van der Waals surface area (Å²) in [5.41, 5.74) is 6.26. The lowest BCUT2D eigenvalue weighted by atomic mass is 10.1. The van der Waals surface area contributed by atoms with Crippen molar-refractivity contribution in [2.45, 2.75) is 25.9 Å². The van der Waals surface area contributed by atoms with Gasteiger partial charge in [0.15, 0.2) is 0 Å². The van der Waals surface area contributed by atoms with Crippen LogP contribution in [0.15, 0.2) is 18.2 Å². The maximum atomic E-state index is 13.1. The van der Waals surface area contributed by atoms with Crippen molar-refractivity contribution in [1.82, 2.24) is 4.90 Å². The van der Waals surface area contributed by atoms with Gasteiger partial charge in [-0.1, -0.05) is 6.92 Å². The van der Waals surface area contributed by atoms with E-state index in [9.17, 15) is 4.39 Å². The average molecular weight is 238 g/mol. The summed E-state index contributed by atoms with van der Waals surface area (Å²) in [5.74, 6) is 0.167. The fourth-order valence-electron chi connectivity index (χ4n) is 2.13. The summed E-state index contributed by atoms with van der Waals surface area (Å²) >= 11 is 0. The number of halogens is 1. The second-order valence-corrected chi connectivity index (χ2v) is 4.43. The van der Waals surface area contributed by atoms with E-state index in [1.165, 1.54) is 12.1 Å². The summed E-state index contributed by atoms with van der Waals surface area (Å²) in [6.07, 6.45) is 2.11. The number of piperidine rings is 1. The molecule has 0 aliphatic carbocycles. The Morgan fingerprint density at radius 2 is 2.12 bits per heavy atom. The van der Waals surface area contributed by atoms with Crippen LogP contribution in [-0.2, 0) is 0 Å². The number of nitrogen functional groups attached to an aromatic ring is 1. The Hall–Kier alpha value is -1.29. The predicted molar refractivity (Wildman–Crippen MR) is 66.6 cm³/mol. The van der Waals surface area contributed by atoms with Gasteiger partial charge in [-0.2, -0.15) is 0 Å². The van der Waals surface area contributed by atoms with Crippen LogP contribution in [0.1, 0.15) is 19.8 Å². The molecule has 0 amide bonds. The Morgan fingerprint density at radius 1 is 1.41 bits per heavy atom. The number of anilines is 1. The number of rotatable bonds is 3. The summed E-state index contributed by atoms with van der Waals surface area (Å²) in [4.78, 5) is 2.38. The molecule has 0 aromatic heterocycles. The van der Waals surface area contributed by atoms with Gasteiger partial charge in [-0.25, -0.2) is 4.39 Å². The van der Waals surface area contributed by atoms with Gasteiger partial charge < -0.3 is 15.4 Å². The van der Waals surface area contributed by atoms with E-state index in [-0.39, 0.29) is 11.9 Å². The van der Waals surface area contributed by atoms with Crippen molar-refractivity contribution in [3.05, 3.63) is 24.0 Å². The third kappa shape index (κ3) is 3.09. The molecule has 1 aromatic carbocycles. The number of benzene rings is 1. The summed E-state index contributed by atoms with van der Waals surface area (Å²) in [6, 6.07) is 4.26. The molecule has 94 valence electrons. The van der Waals surface area contributed by atoms with Crippen LogP contribution in [0.2, 0.25) is 0 Å². The molecule has 1 aromatic rings. The van der Waals surface area contributed by atoms with E-state index in [1.54, 1.807) is 6.07 Å². The summed E-state index contributed by atoms with van der Waals surface area (Å²) < 4.78 is 18.8. The minimum absolute atomic E-state index is 0.155. The van der Waals surface area contributed by atoms with Gasteiger partial charge in [0, 0.05) is 19.2 Å². The standard InChI is InChI=1S/C13H19FN2O/c1-2-16-7-5-11(6-8-16)17-13-9-10(14)3-4-12(13)15/h3-4,9,11H,2,5-8,15H2,1H3. The molecular formula is C13H19FN2O. The van der Waals surface area contributed by atoms with Crippen LogP contribution in [0, 0.1) is 5.82 Å². The van der Waals surface area contributed by atoms with Crippen LogP contribution < -0.4 is 10.5 Å². The molecule has 2 rings (SSSR count). The third-order valence-electron chi connectivity index (χ3n) is 3.25. The molecule has 0 bridgehead atoms. The number of hydrogen-bond acceptors (Lipinski definition) is 3. The van der Waals surface area contributed by atoms with Crippen LogP contribution in [0.4, 0.5) is 10.1 Å². The van der Waals surface area contributed by atoms with Crippen molar-refractivity contribution in [3.63, 3.8) is 0 Å². The van der Waals surface area contributed by atoms with Crippen molar-refractivity contribution < 1.29 is 9.13 Å². The Labute approximate surface area is 101 Å². The first-order valence-corrected chi connectivity index (χ1v) is 6.13. The van der Waals surface area contributed by atoms with Gasteiger partial charge >= 0.3 is 0 Å². The highest BCUT2D eigenvalue weighted by atomic mass is 19.1. The molecule has 1 aliphatic heterocycles. The van der Waals surface area contributed by atoms with Gasteiger partial charge in [0.2, 0.25) is 0 Å². The molecule has 0 atom stereocenters. The highest BCUT2D eigenvalue weighted by molar-refractivity contribution is 5.52. The Kier molecular flexibility index (Phi) is 3.84. The van der Waals surface area contributed by atoms with E-state index in [0.717, 1.165) is 32.5 Å². The molecule has 1 heterocycles. The van der Waals surface area contributed by atoms with Gasteiger partial charge in [0.25, 0.3) is 0 Å². The van der Waals surface area contributed by atoms with E-state index in [4.69, 9.17) is 10.5 Å². The fourth-order valence-corrected chi connectivity index (χ4v) is 2.13. The third-order valence-corrected chi connectivity index (χ3v) is 3.25. The maximum absolute atomic E-state index is 13.1. The van der Waals surface area contributed by atoms with Crippen molar-refractivity contribution in [2.24, 2.45) is 0 Å². The molecule has 1 saturated heterocycles. The zero-order chi connectivity index (χ0) is 12.3. The average Bonchev–Trinajstić information content (AvgIpc) is 2.35. The first-order chi connectivity index (χ1) is 8.19. The molecule has 0 spiro atoms. The second kappa shape index (κ2) is 5.36. The number of likely N-dealkylation sites (tertiary alicyclic amines) is 1. The lowest BCUT2D eigenvalue weighted by molar-refractivity contribution is 0.104. The van der Waals surface area contributed by atoms with E-state index in [0.29, 0.717) is 11.4 Å². The Balaban J connectivity index is 1.95. The van der Waals surface area contributed by atoms with E-state index in [1.807, 2.05) is 0 Å².